The number of hydrogen-bond acceptors (Lipinski definition) is 2. The Morgan fingerprint density at radius 1 is 1.25 bits per heavy atom. The monoisotopic (exact) mass is 218 g/mol. The first-order valence-electron chi connectivity index (χ1n) is 5.24. The van der Waals surface area contributed by atoms with Crippen molar-refractivity contribution in [1.29, 1.82) is 0 Å². The zero-order valence-electron chi connectivity index (χ0n) is 9.71. The summed E-state index contributed by atoms with van der Waals surface area (Å²) in [6, 6.07) is 4.91. The van der Waals surface area contributed by atoms with Gasteiger partial charge in [-0.1, -0.05) is 32.9 Å². The minimum atomic E-state index is -0.239. The second kappa shape index (κ2) is 3.44. The molecular formula is C13H15FN2. The standard InChI is InChI=1S/C13H15FN2/c1-13(2,3)9-7-16-12(15)8-5-4-6-10(14)11(8)9/h4-7H,1-3H3,(H2,15,16). The molecule has 0 aliphatic carbocycles. The number of nitrogen functional groups attached to an aromatic ring is 1. The first kappa shape index (κ1) is 10.9. The van der Waals surface area contributed by atoms with Crippen LogP contribution in [0.15, 0.2) is 24.4 Å². The summed E-state index contributed by atoms with van der Waals surface area (Å²) in [5.41, 5.74) is 6.49. The van der Waals surface area contributed by atoms with Crippen molar-refractivity contribution in [2.24, 2.45) is 0 Å². The van der Waals surface area contributed by atoms with Crippen molar-refractivity contribution in [2.75, 3.05) is 5.73 Å². The molecule has 16 heavy (non-hydrogen) atoms. The lowest BCUT2D eigenvalue weighted by Crippen LogP contribution is -2.13. The maximum atomic E-state index is 13.9. The molecule has 0 spiro atoms. The lowest BCUT2D eigenvalue weighted by atomic mass is 9.85. The van der Waals surface area contributed by atoms with E-state index in [1.165, 1.54) is 6.07 Å². The number of rotatable bonds is 0. The van der Waals surface area contributed by atoms with Crippen LogP contribution in [0.1, 0.15) is 26.3 Å². The molecule has 1 heterocycles. The highest BCUT2D eigenvalue weighted by molar-refractivity contribution is 5.94. The van der Waals surface area contributed by atoms with Crippen LogP contribution in [0, 0.1) is 5.82 Å². The normalized spacial score (nSPS) is 12.0. The van der Waals surface area contributed by atoms with Gasteiger partial charge in [0.1, 0.15) is 11.6 Å². The number of nitrogens with zero attached hydrogens (tertiary/aromatic N) is 1. The van der Waals surface area contributed by atoms with Crippen LogP contribution in [0.4, 0.5) is 10.2 Å². The van der Waals surface area contributed by atoms with Crippen LogP contribution < -0.4 is 5.73 Å². The lowest BCUT2D eigenvalue weighted by Gasteiger charge is -2.21. The quantitative estimate of drug-likeness (QED) is 0.737. The van der Waals surface area contributed by atoms with Gasteiger partial charge >= 0.3 is 0 Å². The van der Waals surface area contributed by atoms with E-state index in [-0.39, 0.29) is 11.2 Å². The maximum absolute atomic E-state index is 13.9. The van der Waals surface area contributed by atoms with Gasteiger partial charge < -0.3 is 5.73 Å². The maximum Gasteiger partial charge on any atom is 0.131 e. The average Bonchev–Trinajstić information content (AvgIpc) is 2.18. The lowest BCUT2D eigenvalue weighted by molar-refractivity contribution is 0.584. The predicted molar refractivity (Wildman–Crippen MR) is 64.8 cm³/mol. The number of aromatic nitrogens is 1. The molecule has 2 rings (SSSR count). The molecule has 0 fully saturated rings. The topological polar surface area (TPSA) is 38.9 Å². The highest BCUT2D eigenvalue weighted by Crippen LogP contribution is 2.32. The van der Waals surface area contributed by atoms with Crippen molar-refractivity contribution in [3.8, 4) is 0 Å². The van der Waals surface area contributed by atoms with E-state index in [1.807, 2.05) is 20.8 Å². The molecule has 0 saturated heterocycles. The Hall–Kier alpha value is -1.64. The zero-order chi connectivity index (χ0) is 11.9. The molecule has 0 aliphatic rings. The number of anilines is 1. The van der Waals surface area contributed by atoms with Crippen LogP contribution >= 0.6 is 0 Å². The van der Waals surface area contributed by atoms with E-state index in [0.29, 0.717) is 16.6 Å². The molecule has 0 amide bonds. The van der Waals surface area contributed by atoms with E-state index in [0.717, 1.165) is 5.56 Å². The highest BCUT2D eigenvalue weighted by atomic mass is 19.1. The number of halogens is 1. The summed E-state index contributed by atoms with van der Waals surface area (Å²) in [6.45, 7) is 6.10. The van der Waals surface area contributed by atoms with E-state index < -0.39 is 0 Å². The Bertz CT molecular complexity index is 541. The van der Waals surface area contributed by atoms with Crippen molar-refractivity contribution in [3.05, 3.63) is 35.8 Å². The van der Waals surface area contributed by atoms with E-state index in [4.69, 9.17) is 5.73 Å². The van der Waals surface area contributed by atoms with Crippen LogP contribution in [0.3, 0.4) is 0 Å². The molecule has 0 saturated carbocycles. The SMILES string of the molecule is CC(C)(C)c1cnc(N)c2cccc(F)c12. The fraction of sp³-hybridized carbons (Fsp3) is 0.308. The molecule has 84 valence electrons. The van der Waals surface area contributed by atoms with E-state index in [1.54, 1.807) is 18.3 Å². The fourth-order valence-corrected chi connectivity index (χ4v) is 1.85. The fourth-order valence-electron chi connectivity index (χ4n) is 1.85. The Morgan fingerprint density at radius 3 is 2.56 bits per heavy atom. The molecule has 0 radical (unpaired) electrons. The molecular weight excluding hydrogens is 203 g/mol. The van der Waals surface area contributed by atoms with Gasteiger partial charge in [0.05, 0.1) is 0 Å². The minimum absolute atomic E-state index is 0.152. The molecule has 3 heteroatoms. The first-order valence-corrected chi connectivity index (χ1v) is 5.24. The Balaban J connectivity index is 2.92. The Kier molecular flexibility index (Phi) is 2.34. The van der Waals surface area contributed by atoms with Crippen molar-refractivity contribution >= 4 is 16.6 Å². The summed E-state index contributed by atoms with van der Waals surface area (Å²) in [4.78, 5) is 4.13. The van der Waals surface area contributed by atoms with Crippen LogP contribution in [0.2, 0.25) is 0 Å². The third-order valence-corrected chi connectivity index (χ3v) is 2.70. The van der Waals surface area contributed by atoms with Gasteiger partial charge in [0.25, 0.3) is 0 Å². The summed E-state index contributed by atoms with van der Waals surface area (Å²) in [5.74, 6) is 0.138. The van der Waals surface area contributed by atoms with Crippen LogP contribution in [-0.4, -0.2) is 4.98 Å². The second-order valence-corrected chi connectivity index (χ2v) is 4.97. The zero-order valence-corrected chi connectivity index (χ0v) is 9.71. The van der Waals surface area contributed by atoms with Crippen LogP contribution in [0.25, 0.3) is 10.8 Å². The second-order valence-electron chi connectivity index (χ2n) is 4.97. The third-order valence-electron chi connectivity index (χ3n) is 2.70. The van der Waals surface area contributed by atoms with Gasteiger partial charge in [0.2, 0.25) is 0 Å². The number of pyridine rings is 1. The summed E-state index contributed by atoms with van der Waals surface area (Å²) in [7, 11) is 0. The number of fused-ring (bicyclic) bond motifs is 1. The summed E-state index contributed by atoms with van der Waals surface area (Å²) >= 11 is 0. The molecule has 0 bridgehead atoms. The molecule has 2 N–H and O–H groups in total. The van der Waals surface area contributed by atoms with E-state index in [2.05, 4.69) is 4.98 Å². The van der Waals surface area contributed by atoms with Crippen LogP contribution in [-0.2, 0) is 5.41 Å². The third kappa shape index (κ3) is 1.62. The van der Waals surface area contributed by atoms with Crippen molar-refractivity contribution in [3.63, 3.8) is 0 Å². The van der Waals surface area contributed by atoms with E-state index in [9.17, 15) is 4.39 Å². The molecule has 1 aromatic heterocycles. The molecule has 1 aromatic carbocycles. The molecule has 0 atom stereocenters. The van der Waals surface area contributed by atoms with Gasteiger partial charge in [-0.3, -0.25) is 0 Å². The summed E-state index contributed by atoms with van der Waals surface area (Å²) in [6.07, 6.45) is 1.67. The molecule has 2 nitrogen and oxygen atoms in total. The van der Waals surface area contributed by atoms with Crippen molar-refractivity contribution < 1.29 is 4.39 Å². The first-order chi connectivity index (χ1) is 7.41. The molecule has 2 aromatic rings. The Labute approximate surface area is 94.3 Å². The highest BCUT2D eigenvalue weighted by Gasteiger charge is 2.20. The predicted octanol–water partition coefficient (Wildman–Crippen LogP) is 3.25. The Morgan fingerprint density at radius 2 is 1.94 bits per heavy atom. The summed E-state index contributed by atoms with van der Waals surface area (Å²) in [5, 5.41) is 1.27. The number of nitrogens with two attached hydrogens (primary N) is 1. The van der Waals surface area contributed by atoms with Crippen molar-refractivity contribution in [1.82, 2.24) is 4.98 Å². The van der Waals surface area contributed by atoms with Gasteiger partial charge in [-0.25, -0.2) is 9.37 Å². The van der Waals surface area contributed by atoms with Gasteiger partial charge in [-0.2, -0.15) is 0 Å². The smallest absolute Gasteiger partial charge is 0.131 e. The molecule has 0 aliphatic heterocycles. The van der Waals surface area contributed by atoms with Gasteiger partial charge in [-0.05, 0) is 17.0 Å². The van der Waals surface area contributed by atoms with Crippen LogP contribution in [0.5, 0.6) is 0 Å². The van der Waals surface area contributed by atoms with Gasteiger partial charge in [-0.15, -0.1) is 0 Å². The number of hydrogen-bond donors (Lipinski definition) is 1. The largest absolute Gasteiger partial charge is 0.383 e. The van der Waals surface area contributed by atoms with Gasteiger partial charge in [0.15, 0.2) is 0 Å². The average molecular weight is 218 g/mol. The van der Waals surface area contributed by atoms with E-state index >= 15 is 0 Å². The number of benzene rings is 1. The minimum Gasteiger partial charge on any atom is -0.383 e. The summed E-state index contributed by atoms with van der Waals surface area (Å²) < 4.78 is 13.9. The van der Waals surface area contributed by atoms with Crippen molar-refractivity contribution in [2.45, 2.75) is 26.2 Å². The molecule has 0 unspecified atom stereocenters. The van der Waals surface area contributed by atoms with Gasteiger partial charge in [0, 0.05) is 17.0 Å².